The molecule has 0 bridgehead atoms. The predicted octanol–water partition coefficient (Wildman–Crippen LogP) is 2.56. The molecule has 0 spiro atoms. The van der Waals surface area contributed by atoms with Crippen molar-refractivity contribution in [3.8, 4) is 5.88 Å². The van der Waals surface area contributed by atoms with E-state index in [0.29, 0.717) is 13.2 Å². The van der Waals surface area contributed by atoms with Gasteiger partial charge >= 0.3 is 0 Å². The summed E-state index contributed by atoms with van der Waals surface area (Å²) >= 11 is 0. The Bertz CT molecular complexity index is 594. The topological polar surface area (TPSA) is 51.4 Å². The molecule has 2 heterocycles. The molecule has 3 rings (SSSR count). The van der Waals surface area contributed by atoms with Crippen LogP contribution in [0.5, 0.6) is 5.88 Å². The SMILES string of the molecule is NCc1cnc(OCCN2CCCCC2)c2ccccc12. The molecule has 0 amide bonds. The fraction of sp³-hybridized carbons (Fsp3) is 0.471. The van der Waals surface area contributed by atoms with Gasteiger partial charge in [0.1, 0.15) is 6.61 Å². The van der Waals surface area contributed by atoms with Gasteiger partial charge in [0.15, 0.2) is 0 Å². The number of hydrogen-bond donors (Lipinski definition) is 1. The van der Waals surface area contributed by atoms with Gasteiger partial charge in [-0.25, -0.2) is 4.98 Å². The Kier molecular flexibility index (Phi) is 4.68. The number of nitrogens with zero attached hydrogens (tertiary/aromatic N) is 2. The maximum absolute atomic E-state index is 5.93. The highest BCUT2D eigenvalue weighted by Crippen LogP contribution is 2.25. The fourth-order valence-corrected chi connectivity index (χ4v) is 2.96. The summed E-state index contributed by atoms with van der Waals surface area (Å²) in [6.07, 6.45) is 5.82. The minimum Gasteiger partial charge on any atom is -0.476 e. The second kappa shape index (κ2) is 6.87. The highest BCUT2D eigenvalue weighted by Gasteiger charge is 2.11. The lowest BCUT2D eigenvalue weighted by Gasteiger charge is -2.26. The van der Waals surface area contributed by atoms with Gasteiger partial charge in [0, 0.05) is 24.7 Å². The summed E-state index contributed by atoms with van der Waals surface area (Å²) in [4.78, 5) is 6.91. The summed E-state index contributed by atoms with van der Waals surface area (Å²) in [6, 6.07) is 8.18. The quantitative estimate of drug-likeness (QED) is 0.917. The zero-order chi connectivity index (χ0) is 14.5. The van der Waals surface area contributed by atoms with Crippen LogP contribution < -0.4 is 10.5 Å². The first-order chi connectivity index (χ1) is 10.4. The second-order valence-corrected chi connectivity index (χ2v) is 5.59. The van der Waals surface area contributed by atoms with Gasteiger partial charge in [-0.05, 0) is 42.9 Å². The first kappa shape index (κ1) is 14.3. The van der Waals surface area contributed by atoms with Crippen molar-refractivity contribution in [3.05, 3.63) is 36.0 Å². The van der Waals surface area contributed by atoms with Crippen LogP contribution in [-0.2, 0) is 6.54 Å². The van der Waals surface area contributed by atoms with Crippen LogP contribution in [0.25, 0.3) is 10.8 Å². The van der Waals surface area contributed by atoms with Gasteiger partial charge in [0.25, 0.3) is 0 Å². The van der Waals surface area contributed by atoms with Gasteiger partial charge < -0.3 is 10.5 Å². The van der Waals surface area contributed by atoms with E-state index < -0.39 is 0 Å². The van der Waals surface area contributed by atoms with Gasteiger partial charge in [-0.2, -0.15) is 0 Å². The lowest BCUT2D eigenvalue weighted by Crippen LogP contribution is -2.33. The third kappa shape index (κ3) is 3.34. The Morgan fingerprint density at radius 3 is 2.62 bits per heavy atom. The van der Waals surface area contributed by atoms with Crippen LogP contribution in [0.1, 0.15) is 24.8 Å². The van der Waals surface area contributed by atoms with Crippen molar-refractivity contribution < 1.29 is 4.74 Å². The van der Waals surface area contributed by atoms with Crippen LogP contribution in [0, 0.1) is 0 Å². The van der Waals surface area contributed by atoms with E-state index in [1.165, 1.54) is 32.4 Å². The molecule has 21 heavy (non-hydrogen) atoms. The summed E-state index contributed by atoms with van der Waals surface area (Å²) in [5.41, 5.74) is 6.84. The molecule has 112 valence electrons. The number of nitrogens with two attached hydrogens (primary N) is 1. The standard InChI is InChI=1S/C17H23N3O/c18-12-14-13-19-17(16-7-3-2-6-15(14)16)21-11-10-20-8-4-1-5-9-20/h2-3,6-7,13H,1,4-5,8-12,18H2. The molecule has 0 aliphatic carbocycles. The second-order valence-electron chi connectivity index (χ2n) is 5.59. The van der Waals surface area contributed by atoms with E-state index in [4.69, 9.17) is 10.5 Å². The summed E-state index contributed by atoms with van der Waals surface area (Å²) in [5, 5.41) is 2.20. The molecule has 4 heteroatoms. The maximum Gasteiger partial charge on any atom is 0.221 e. The van der Waals surface area contributed by atoms with E-state index in [1.54, 1.807) is 0 Å². The van der Waals surface area contributed by atoms with Gasteiger partial charge in [-0.3, -0.25) is 4.90 Å². The molecule has 0 saturated carbocycles. The predicted molar refractivity (Wildman–Crippen MR) is 85.4 cm³/mol. The van der Waals surface area contributed by atoms with E-state index >= 15 is 0 Å². The third-order valence-corrected chi connectivity index (χ3v) is 4.16. The molecular formula is C17H23N3O. The number of fused-ring (bicyclic) bond motifs is 1. The molecule has 1 aromatic heterocycles. The first-order valence-corrected chi connectivity index (χ1v) is 7.80. The molecule has 1 aromatic carbocycles. The van der Waals surface area contributed by atoms with E-state index in [9.17, 15) is 0 Å². The van der Waals surface area contributed by atoms with Crippen molar-refractivity contribution in [2.24, 2.45) is 5.73 Å². The Morgan fingerprint density at radius 2 is 1.86 bits per heavy atom. The monoisotopic (exact) mass is 285 g/mol. The Balaban J connectivity index is 1.69. The van der Waals surface area contributed by atoms with Crippen molar-refractivity contribution in [1.82, 2.24) is 9.88 Å². The Hall–Kier alpha value is -1.65. The van der Waals surface area contributed by atoms with Crippen molar-refractivity contribution in [3.63, 3.8) is 0 Å². The molecule has 0 atom stereocenters. The Labute approximate surface area is 125 Å². The number of rotatable bonds is 5. The molecule has 1 aliphatic heterocycles. The molecule has 1 aliphatic rings. The number of aromatic nitrogens is 1. The minimum absolute atomic E-state index is 0.502. The Morgan fingerprint density at radius 1 is 1.10 bits per heavy atom. The van der Waals surface area contributed by atoms with Crippen molar-refractivity contribution in [2.45, 2.75) is 25.8 Å². The van der Waals surface area contributed by atoms with Gasteiger partial charge in [0.2, 0.25) is 5.88 Å². The number of hydrogen-bond acceptors (Lipinski definition) is 4. The molecular weight excluding hydrogens is 262 g/mol. The van der Waals surface area contributed by atoms with Crippen LogP contribution >= 0.6 is 0 Å². The fourth-order valence-electron chi connectivity index (χ4n) is 2.96. The summed E-state index contributed by atoms with van der Waals surface area (Å²) in [5.74, 6) is 0.722. The molecule has 0 unspecified atom stereocenters. The smallest absolute Gasteiger partial charge is 0.221 e. The minimum atomic E-state index is 0.502. The molecule has 2 N–H and O–H groups in total. The van der Waals surface area contributed by atoms with E-state index in [0.717, 1.165) is 28.8 Å². The van der Waals surface area contributed by atoms with Crippen LogP contribution in [0.2, 0.25) is 0 Å². The highest BCUT2D eigenvalue weighted by atomic mass is 16.5. The zero-order valence-electron chi connectivity index (χ0n) is 12.4. The lowest BCUT2D eigenvalue weighted by atomic mass is 10.1. The molecule has 4 nitrogen and oxygen atoms in total. The number of pyridine rings is 1. The summed E-state index contributed by atoms with van der Waals surface area (Å²) in [6.45, 7) is 4.57. The van der Waals surface area contributed by atoms with E-state index in [1.807, 2.05) is 18.3 Å². The number of piperidine rings is 1. The number of benzene rings is 1. The molecule has 1 saturated heterocycles. The highest BCUT2D eigenvalue weighted by molar-refractivity contribution is 5.89. The normalized spacial score (nSPS) is 16.2. The zero-order valence-corrected chi connectivity index (χ0v) is 12.4. The van der Waals surface area contributed by atoms with Crippen LogP contribution in [-0.4, -0.2) is 36.1 Å². The third-order valence-electron chi connectivity index (χ3n) is 4.16. The van der Waals surface area contributed by atoms with Crippen molar-refractivity contribution in [2.75, 3.05) is 26.2 Å². The van der Waals surface area contributed by atoms with Crippen LogP contribution in [0.3, 0.4) is 0 Å². The van der Waals surface area contributed by atoms with Crippen molar-refractivity contribution in [1.29, 1.82) is 0 Å². The average Bonchev–Trinajstić information content (AvgIpc) is 2.56. The largest absolute Gasteiger partial charge is 0.476 e. The molecule has 0 radical (unpaired) electrons. The summed E-state index contributed by atoms with van der Waals surface area (Å²) in [7, 11) is 0. The van der Waals surface area contributed by atoms with Gasteiger partial charge in [0.05, 0.1) is 0 Å². The number of likely N-dealkylation sites (tertiary alicyclic amines) is 1. The van der Waals surface area contributed by atoms with Crippen LogP contribution in [0.4, 0.5) is 0 Å². The van der Waals surface area contributed by atoms with Crippen LogP contribution in [0.15, 0.2) is 30.5 Å². The molecule has 1 fully saturated rings. The van der Waals surface area contributed by atoms with E-state index in [-0.39, 0.29) is 0 Å². The van der Waals surface area contributed by atoms with Gasteiger partial charge in [-0.15, -0.1) is 0 Å². The first-order valence-electron chi connectivity index (χ1n) is 7.80. The maximum atomic E-state index is 5.93. The molecule has 2 aromatic rings. The van der Waals surface area contributed by atoms with Gasteiger partial charge in [-0.1, -0.05) is 24.6 Å². The van der Waals surface area contributed by atoms with E-state index in [2.05, 4.69) is 22.0 Å². The van der Waals surface area contributed by atoms with Crippen molar-refractivity contribution >= 4 is 10.8 Å². The lowest BCUT2D eigenvalue weighted by molar-refractivity contribution is 0.181. The number of ether oxygens (including phenoxy) is 1. The summed E-state index contributed by atoms with van der Waals surface area (Å²) < 4.78 is 5.93. The average molecular weight is 285 g/mol.